The normalized spacial score (nSPS) is 11.7. The van der Waals surface area contributed by atoms with Gasteiger partial charge in [0.1, 0.15) is 0 Å². The molecule has 0 nitrogen and oxygen atoms in total. The fourth-order valence-corrected chi connectivity index (χ4v) is 0.536. The van der Waals surface area contributed by atoms with Gasteiger partial charge in [-0.25, -0.2) is 0 Å². The van der Waals surface area contributed by atoms with Crippen LogP contribution in [-0.2, 0) is 0 Å². The largest absolute Gasteiger partial charge is 0.0991 e. The molecule has 0 bridgehead atoms. The average molecular weight is 152 g/mol. The SMILES string of the molecule is C=C/C=C(C)\C(C)=C/C.CC. The van der Waals surface area contributed by atoms with E-state index in [0.29, 0.717) is 0 Å². The summed E-state index contributed by atoms with van der Waals surface area (Å²) in [6.07, 6.45) is 5.91. The maximum absolute atomic E-state index is 3.61. The van der Waals surface area contributed by atoms with Gasteiger partial charge in [0.25, 0.3) is 0 Å². The Bertz CT molecular complexity index is 147. The Morgan fingerprint density at radius 3 is 1.82 bits per heavy atom. The molecular weight excluding hydrogens is 132 g/mol. The van der Waals surface area contributed by atoms with Crippen molar-refractivity contribution in [1.82, 2.24) is 0 Å². The number of hydrogen-bond donors (Lipinski definition) is 0. The second kappa shape index (κ2) is 9.22. The first-order valence-electron chi connectivity index (χ1n) is 4.15. The third-order valence-electron chi connectivity index (χ3n) is 1.42. The van der Waals surface area contributed by atoms with Crippen LogP contribution in [0, 0.1) is 0 Å². The lowest BCUT2D eigenvalue weighted by atomic mass is 10.1. The highest BCUT2D eigenvalue weighted by Crippen LogP contribution is 2.06. The fraction of sp³-hybridized carbons (Fsp3) is 0.455. The first kappa shape index (κ1) is 12.9. The maximum atomic E-state index is 3.61. The summed E-state index contributed by atoms with van der Waals surface area (Å²) in [6.45, 7) is 13.8. The second-order valence-corrected chi connectivity index (χ2v) is 2.06. The van der Waals surface area contributed by atoms with Gasteiger partial charge in [0, 0.05) is 0 Å². The topological polar surface area (TPSA) is 0 Å². The zero-order valence-electron chi connectivity index (χ0n) is 8.44. The van der Waals surface area contributed by atoms with Gasteiger partial charge in [-0.05, 0) is 26.3 Å². The molecule has 0 atom stereocenters. The maximum Gasteiger partial charge on any atom is -0.0395 e. The number of rotatable bonds is 2. The molecule has 0 radical (unpaired) electrons. The highest BCUT2D eigenvalue weighted by Gasteiger charge is 1.85. The highest BCUT2D eigenvalue weighted by atomic mass is 13.9. The van der Waals surface area contributed by atoms with Crippen LogP contribution in [0.25, 0.3) is 0 Å². The third-order valence-corrected chi connectivity index (χ3v) is 1.42. The standard InChI is InChI=1S/C9H14.C2H6/c1-5-7-9(4)8(3)6-2;1-2/h5-7H,1H2,2-4H3;1-2H3/b8-6-,9-7-;. The molecule has 0 spiro atoms. The van der Waals surface area contributed by atoms with Crippen molar-refractivity contribution in [2.45, 2.75) is 34.6 Å². The molecule has 0 aliphatic carbocycles. The lowest BCUT2D eigenvalue weighted by molar-refractivity contribution is 1.33. The number of hydrogen-bond acceptors (Lipinski definition) is 0. The summed E-state index contributed by atoms with van der Waals surface area (Å²) in [5, 5.41) is 0. The molecule has 0 aliphatic rings. The van der Waals surface area contributed by atoms with Crippen molar-refractivity contribution in [1.29, 1.82) is 0 Å². The van der Waals surface area contributed by atoms with Crippen LogP contribution >= 0.6 is 0 Å². The first-order chi connectivity index (χ1) is 5.22. The minimum absolute atomic E-state index is 1.28. The van der Waals surface area contributed by atoms with Gasteiger partial charge in [-0.3, -0.25) is 0 Å². The molecule has 0 aromatic carbocycles. The fourth-order valence-electron chi connectivity index (χ4n) is 0.536. The summed E-state index contributed by atoms with van der Waals surface area (Å²) in [6, 6.07) is 0. The molecule has 0 amide bonds. The van der Waals surface area contributed by atoms with Crippen molar-refractivity contribution in [3.05, 3.63) is 36.0 Å². The van der Waals surface area contributed by atoms with E-state index in [1.165, 1.54) is 11.1 Å². The molecule has 0 saturated heterocycles. The van der Waals surface area contributed by atoms with Crippen molar-refractivity contribution in [2.75, 3.05) is 0 Å². The van der Waals surface area contributed by atoms with Crippen LogP contribution in [0.5, 0.6) is 0 Å². The van der Waals surface area contributed by atoms with E-state index >= 15 is 0 Å². The van der Waals surface area contributed by atoms with Gasteiger partial charge in [-0.2, -0.15) is 0 Å². The van der Waals surface area contributed by atoms with Crippen LogP contribution in [0.1, 0.15) is 34.6 Å². The van der Waals surface area contributed by atoms with Crippen molar-refractivity contribution < 1.29 is 0 Å². The molecule has 0 aliphatic heterocycles. The highest BCUT2D eigenvalue weighted by molar-refractivity contribution is 5.28. The Kier molecular flexibility index (Phi) is 10.8. The van der Waals surface area contributed by atoms with Crippen molar-refractivity contribution in [3.8, 4) is 0 Å². The van der Waals surface area contributed by atoms with Gasteiger partial charge in [0.2, 0.25) is 0 Å². The van der Waals surface area contributed by atoms with Crippen LogP contribution in [-0.4, -0.2) is 0 Å². The molecule has 0 fully saturated rings. The molecule has 0 N–H and O–H groups in total. The van der Waals surface area contributed by atoms with Gasteiger partial charge < -0.3 is 0 Å². The summed E-state index contributed by atoms with van der Waals surface area (Å²) < 4.78 is 0. The molecule has 64 valence electrons. The van der Waals surface area contributed by atoms with Crippen LogP contribution in [0.4, 0.5) is 0 Å². The molecule has 0 heteroatoms. The molecule has 0 aromatic heterocycles. The van der Waals surface area contributed by atoms with Crippen LogP contribution < -0.4 is 0 Å². The van der Waals surface area contributed by atoms with Crippen molar-refractivity contribution in [3.63, 3.8) is 0 Å². The summed E-state index contributed by atoms with van der Waals surface area (Å²) in [4.78, 5) is 0. The first-order valence-corrected chi connectivity index (χ1v) is 4.15. The Labute approximate surface area is 71.3 Å². The Hall–Kier alpha value is -0.780. The van der Waals surface area contributed by atoms with E-state index in [1.807, 2.05) is 32.9 Å². The quantitative estimate of drug-likeness (QED) is 0.522. The van der Waals surface area contributed by atoms with Crippen LogP contribution in [0.15, 0.2) is 36.0 Å². The molecule has 0 saturated carbocycles. The van der Waals surface area contributed by atoms with E-state index in [-0.39, 0.29) is 0 Å². The van der Waals surface area contributed by atoms with Gasteiger partial charge in [-0.1, -0.05) is 44.2 Å². The third kappa shape index (κ3) is 7.11. The summed E-state index contributed by atoms with van der Waals surface area (Å²) in [7, 11) is 0. The molecule has 0 aromatic rings. The van der Waals surface area contributed by atoms with E-state index in [2.05, 4.69) is 26.5 Å². The minimum Gasteiger partial charge on any atom is -0.0991 e. The number of allylic oxidation sites excluding steroid dienone is 5. The van der Waals surface area contributed by atoms with E-state index in [0.717, 1.165) is 0 Å². The lowest BCUT2D eigenvalue weighted by Gasteiger charge is -1.95. The van der Waals surface area contributed by atoms with E-state index in [1.54, 1.807) is 0 Å². The van der Waals surface area contributed by atoms with Crippen molar-refractivity contribution in [2.24, 2.45) is 0 Å². The van der Waals surface area contributed by atoms with E-state index in [4.69, 9.17) is 0 Å². The molecule has 0 unspecified atom stereocenters. The monoisotopic (exact) mass is 152 g/mol. The molecule has 0 rings (SSSR count). The second-order valence-electron chi connectivity index (χ2n) is 2.06. The zero-order chi connectivity index (χ0) is 9.28. The van der Waals surface area contributed by atoms with Crippen molar-refractivity contribution >= 4 is 0 Å². The summed E-state index contributed by atoms with van der Waals surface area (Å²) >= 11 is 0. The Balaban J connectivity index is 0. The summed E-state index contributed by atoms with van der Waals surface area (Å²) in [5.41, 5.74) is 2.60. The van der Waals surface area contributed by atoms with Gasteiger partial charge in [0.05, 0.1) is 0 Å². The van der Waals surface area contributed by atoms with E-state index < -0.39 is 0 Å². The van der Waals surface area contributed by atoms with Gasteiger partial charge in [0.15, 0.2) is 0 Å². The molecular formula is C11H20. The molecule has 11 heavy (non-hydrogen) atoms. The van der Waals surface area contributed by atoms with Crippen LogP contribution in [0.3, 0.4) is 0 Å². The van der Waals surface area contributed by atoms with E-state index in [9.17, 15) is 0 Å². The molecule has 0 heterocycles. The minimum atomic E-state index is 1.28. The Morgan fingerprint density at radius 1 is 1.09 bits per heavy atom. The average Bonchev–Trinajstić information content (AvgIpc) is 2.07. The predicted octanol–water partition coefficient (Wildman–Crippen LogP) is 4.11. The Morgan fingerprint density at radius 2 is 1.55 bits per heavy atom. The summed E-state index contributed by atoms with van der Waals surface area (Å²) in [5.74, 6) is 0. The van der Waals surface area contributed by atoms with Gasteiger partial charge in [-0.15, -0.1) is 0 Å². The zero-order valence-corrected chi connectivity index (χ0v) is 8.44. The van der Waals surface area contributed by atoms with Gasteiger partial charge >= 0.3 is 0 Å². The lowest BCUT2D eigenvalue weighted by Crippen LogP contribution is -1.75. The van der Waals surface area contributed by atoms with Crippen LogP contribution in [0.2, 0.25) is 0 Å². The predicted molar refractivity (Wildman–Crippen MR) is 54.7 cm³/mol. The smallest absolute Gasteiger partial charge is 0.0395 e.